The van der Waals surface area contributed by atoms with E-state index in [0.717, 1.165) is 4.57 Å². The molecule has 0 atom stereocenters. The second kappa shape index (κ2) is 7.12. The molecule has 0 saturated heterocycles. The van der Waals surface area contributed by atoms with Crippen LogP contribution in [0.3, 0.4) is 0 Å². The van der Waals surface area contributed by atoms with E-state index in [-0.39, 0.29) is 30.9 Å². The van der Waals surface area contributed by atoms with E-state index in [0.29, 0.717) is 5.39 Å². The molecule has 2 aromatic rings. The standard InChI is InChI=1S/C17H22N4O5/c1-17(2,9-22)8-20(3)13(24)7-21-15-10(4-5-12(23)19-15)6-11(14(18)25)16(21)26/h4-6,22H,7-9H2,1-3H3,(H2,18,25)(H,19,23). The third kappa shape index (κ3) is 3.99. The number of nitrogens with one attached hydrogen (secondary N) is 1. The lowest BCUT2D eigenvalue weighted by Crippen LogP contribution is -2.41. The average Bonchev–Trinajstić information content (AvgIpc) is 2.56. The molecule has 0 aliphatic carbocycles. The summed E-state index contributed by atoms with van der Waals surface area (Å²) in [6, 6.07) is 3.98. The Morgan fingerprint density at radius 1 is 1.31 bits per heavy atom. The van der Waals surface area contributed by atoms with Crippen LogP contribution in [0.2, 0.25) is 0 Å². The molecule has 2 rings (SSSR count). The Labute approximate surface area is 149 Å². The monoisotopic (exact) mass is 362 g/mol. The molecule has 0 spiro atoms. The zero-order chi connectivity index (χ0) is 19.6. The van der Waals surface area contributed by atoms with Crippen LogP contribution in [0.5, 0.6) is 0 Å². The van der Waals surface area contributed by atoms with Gasteiger partial charge in [-0.2, -0.15) is 0 Å². The largest absolute Gasteiger partial charge is 0.396 e. The molecule has 9 nitrogen and oxygen atoms in total. The van der Waals surface area contributed by atoms with Gasteiger partial charge in [0.1, 0.15) is 17.8 Å². The number of aromatic nitrogens is 2. The maximum atomic E-state index is 12.6. The number of aliphatic hydroxyl groups is 1. The molecule has 2 heterocycles. The van der Waals surface area contributed by atoms with E-state index in [4.69, 9.17) is 5.73 Å². The van der Waals surface area contributed by atoms with Gasteiger partial charge in [-0.25, -0.2) is 0 Å². The summed E-state index contributed by atoms with van der Waals surface area (Å²) in [5.41, 5.74) is 3.40. The Morgan fingerprint density at radius 2 is 1.96 bits per heavy atom. The zero-order valence-electron chi connectivity index (χ0n) is 14.9. The van der Waals surface area contributed by atoms with E-state index >= 15 is 0 Å². The highest BCUT2D eigenvalue weighted by atomic mass is 16.3. The molecule has 0 bridgehead atoms. The van der Waals surface area contributed by atoms with Gasteiger partial charge >= 0.3 is 0 Å². The highest BCUT2D eigenvalue weighted by Crippen LogP contribution is 2.15. The van der Waals surface area contributed by atoms with Crippen molar-refractivity contribution in [2.24, 2.45) is 11.1 Å². The van der Waals surface area contributed by atoms with Gasteiger partial charge in [0, 0.05) is 37.1 Å². The second-order valence-electron chi connectivity index (χ2n) is 7.01. The number of nitrogens with two attached hydrogens (primary N) is 1. The quantitative estimate of drug-likeness (QED) is 0.621. The maximum Gasteiger partial charge on any atom is 0.265 e. The highest BCUT2D eigenvalue weighted by Gasteiger charge is 2.23. The number of likely N-dealkylation sites (N-methyl/N-ethyl adjacent to an activating group) is 1. The lowest BCUT2D eigenvalue weighted by molar-refractivity contribution is -0.132. The summed E-state index contributed by atoms with van der Waals surface area (Å²) in [4.78, 5) is 52.2. The zero-order valence-corrected chi connectivity index (χ0v) is 14.9. The van der Waals surface area contributed by atoms with E-state index in [9.17, 15) is 24.3 Å². The summed E-state index contributed by atoms with van der Waals surface area (Å²) >= 11 is 0. The van der Waals surface area contributed by atoms with Crippen LogP contribution >= 0.6 is 0 Å². The molecular weight excluding hydrogens is 340 g/mol. The fourth-order valence-electron chi connectivity index (χ4n) is 2.64. The van der Waals surface area contributed by atoms with Crippen molar-refractivity contribution in [3.05, 3.63) is 44.5 Å². The summed E-state index contributed by atoms with van der Waals surface area (Å²) in [6.07, 6.45) is 0. The van der Waals surface area contributed by atoms with Crippen molar-refractivity contribution in [3.63, 3.8) is 0 Å². The van der Waals surface area contributed by atoms with Gasteiger partial charge in [0.15, 0.2) is 0 Å². The van der Waals surface area contributed by atoms with Crippen molar-refractivity contribution >= 4 is 22.8 Å². The number of hydrogen-bond acceptors (Lipinski definition) is 5. The van der Waals surface area contributed by atoms with Crippen LogP contribution < -0.4 is 16.9 Å². The van der Waals surface area contributed by atoms with Crippen LogP contribution in [0.15, 0.2) is 27.8 Å². The number of aliphatic hydroxyl groups excluding tert-OH is 1. The molecule has 0 aromatic carbocycles. The van der Waals surface area contributed by atoms with Crippen LogP contribution in [0.25, 0.3) is 11.0 Å². The normalized spacial score (nSPS) is 11.5. The summed E-state index contributed by atoms with van der Waals surface area (Å²) in [5.74, 6) is -1.33. The van der Waals surface area contributed by atoms with Crippen LogP contribution in [0.4, 0.5) is 0 Å². The summed E-state index contributed by atoms with van der Waals surface area (Å²) in [7, 11) is 1.55. The fraction of sp³-hybridized carbons (Fsp3) is 0.412. The molecule has 26 heavy (non-hydrogen) atoms. The van der Waals surface area contributed by atoms with Crippen LogP contribution in [-0.2, 0) is 11.3 Å². The number of amides is 2. The number of carbonyl (C=O) groups is 2. The summed E-state index contributed by atoms with van der Waals surface area (Å²) in [5, 5.41) is 9.75. The van der Waals surface area contributed by atoms with Gasteiger partial charge in [-0.1, -0.05) is 13.8 Å². The predicted octanol–water partition coefficient (Wildman–Crippen LogP) is -0.734. The first-order valence-corrected chi connectivity index (χ1v) is 7.97. The van der Waals surface area contributed by atoms with E-state index in [1.165, 1.54) is 23.1 Å². The summed E-state index contributed by atoms with van der Waals surface area (Å²) < 4.78 is 1.03. The van der Waals surface area contributed by atoms with Gasteiger partial charge in [-0.05, 0) is 12.1 Å². The number of hydrogen-bond donors (Lipinski definition) is 3. The fourth-order valence-corrected chi connectivity index (χ4v) is 2.64. The Balaban J connectivity index is 2.51. The van der Waals surface area contributed by atoms with Gasteiger partial charge in [-0.15, -0.1) is 0 Å². The van der Waals surface area contributed by atoms with Gasteiger partial charge in [-0.3, -0.25) is 23.7 Å². The van der Waals surface area contributed by atoms with E-state index in [1.807, 2.05) is 0 Å². The SMILES string of the molecule is CN(CC(C)(C)CO)C(=O)Cn1c(=O)c(C(N)=O)cc2ccc(=O)[nH]c21. The molecular formula is C17H22N4O5. The molecule has 4 N–H and O–H groups in total. The summed E-state index contributed by atoms with van der Waals surface area (Å²) in [6.45, 7) is 3.36. The Morgan fingerprint density at radius 3 is 2.54 bits per heavy atom. The minimum Gasteiger partial charge on any atom is -0.396 e. The van der Waals surface area contributed by atoms with E-state index < -0.39 is 28.3 Å². The maximum absolute atomic E-state index is 12.6. The molecule has 0 unspecified atom stereocenters. The second-order valence-corrected chi connectivity index (χ2v) is 7.01. The first kappa shape index (κ1) is 19.4. The van der Waals surface area contributed by atoms with Gasteiger partial charge in [0.05, 0.1) is 0 Å². The molecule has 0 saturated carbocycles. The van der Waals surface area contributed by atoms with Gasteiger partial charge in [0.25, 0.3) is 11.5 Å². The minimum absolute atomic E-state index is 0.113. The molecule has 0 aliphatic rings. The minimum atomic E-state index is -0.918. The van der Waals surface area contributed by atoms with Gasteiger partial charge in [0.2, 0.25) is 11.5 Å². The highest BCUT2D eigenvalue weighted by molar-refractivity contribution is 5.96. The van der Waals surface area contributed by atoms with Crippen LogP contribution in [0.1, 0.15) is 24.2 Å². The van der Waals surface area contributed by atoms with Crippen molar-refractivity contribution in [1.29, 1.82) is 0 Å². The van der Waals surface area contributed by atoms with Crippen LogP contribution in [-0.4, -0.2) is 51.6 Å². The molecule has 0 radical (unpaired) electrons. The third-order valence-electron chi connectivity index (χ3n) is 4.05. The topological polar surface area (TPSA) is 138 Å². The van der Waals surface area contributed by atoms with Crippen LogP contribution in [0, 0.1) is 5.41 Å². The molecule has 0 aliphatic heterocycles. The average molecular weight is 362 g/mol. The number of aromatic amines is 1. The van der Waals surface area contributed by atoms with Crippen molar-refractivity contribution in [2.75, 3.05) is 20.2 Å². The first-order valence-electron chi connectivity index (χ1n) is 7.97. The number of pyridine rings is 2. The van der Waals surface area contributed by atoms with E-state index in [2.05, 4.69) is 4.98 Å². The number of rotatable bonds is 6. The predicted molar refractivity (Wildman–Crippen MR) is 95.9 cm³/mol. The number of primary amides is 1. The molecule has 2 amide bonds. The third-order valence-corrected chi connectivity index (χ3v) is 4.05. The Kier molecular flexibility index (Phi) is 5.31. The lowest BCUT2D eigenvalue weighted by Gasteiger charge is -2.28. The lowest BCUT2D eigenvalue weighted by atomic mass is 9.94. The first-order chi connectivity index (χ1) is 12.1. The number of nitrogens with zero attached hydrogens (tertiary/aromatic N) is 2. The molecule has 0 fully saturated rings. The molecule has 9 heteroatoms. The number of carbonyl (C=O) groups excluding carboxylic acids is 2. The smallest absolute Gasteiger partial charge is 0.265 e. The molecule has 140 valence electrons. The number of H-pyrrole nitrogens is 1. The Bertz CT molecular complexity index is 973. The van der Waals surface area contributed by atoms with Crippen molar-refractivity contribution in [3.8, 4) is 0 Å². The number of fused-ring (bicyclic) bond motifs is 1. The molecule has 2 aromatic heterocycles. The van der Waals surface area contributed by atoms with Crippen molar-refractivity contribution < 1.29 is 14.7 Å². The van der Waals surface area contributed by atoms with Crippen molar-refractivity contribution in [1.82, 2.24) is 14.5 Å². The van der Waals surface area contributed by atoms with E-state index in [1.54, 1.807) is 20.9 Å². The van der Waals surface area contributed by atoms with Crippen molar-refractivity contribution in [2.45, 2.75) is 20.4 Å². The van der Waals surface area contributed by atoms with Gasteiger partial charge < -0.3 is 20.7 Å². The Hall–Kier alpha value is -2.94.